The summed E-state index contributed by atoms with van der Waals surface area (Å²) < 4.78 is 27.4. The number of amides is 3. The van der Waals surface area contributed by atoms with Crippen molar-refractivity contribution < 1.29 is 33.0 Å². The van der Waals surface area contributed by atoms with Crippen molar-refractivity contribution in [2.45, 2.75) is 83.8 Å². The van der Waals surface area contributed by atoms with Crippen LogP contribution in [0.4, 0.5) is 0 Å². The number of rotatable bonds is 19. The van der Waals surface area contributed by atoms with Crippen molar-refractivity contribution in [1.82, 2.24) is 25.0 Å². The lowest BCUT2D eigenvalue weighted by atomic mass is 9.99. The van der Waals surface area contributed by atoms with Gasteiger partial charge in [-0.05, 0) is 61.6 Å². The van der Waals surface area contributed by atoms with Crippen molar-refractivity contribution in [1.29, 1.82) is 0 Å². The molecule has 0 bridgehead atoms. The fraction of sp³-hybridized carbons (Fsp3) is 0.559. The number of aliphatic hydroxyl groups is 1. The first-order valence-corrected chi connectivity index (χ1v) is 17.8. The third kappa shape index (κ3) is 11.9. The zero-order valence-electron chi connectivity index (χ0n) is 28.8. The molecule has 0 saturated carbocycles. The van der Waals surface area contributed by atoms with Crippen LogP contribution in [0.5, 0.6) is 5.75 Å². The van der Waals surface area contributed by atoms with E-state index < -0.39 is 28.1 Å². The van der Waals surface area contributed by atoms with Gasteiger partial charge >= 0.3 is 0 Å². The van der Waals surface area contributed by atoms with Gasteiger partial charge in [0.15, 0.2) is 0 Å². The summed E-state index contributed by atoms with van der Waals surface area (Å²) in [7, 11) is -1.27. The third-order valence-corrected chi connectivity index (χ3v) is 9.42. The van der Waals surface area contributed by atoms with Crippen LogP contribution in [-0.2, 0) is 21.2 Å². The molecule has 0 fully saturated rings. The number of nitrogens with one attached hydrogen (secondary N) is 2. The van der Waals surface area contributed by atoms with E-state index in [2.05, 4.69) is 10.7 Å². The van der Waals surface area contributed by atoms with Gasteiger partial charge in [0.05, 0.1) is 17.0 Å². The van der Waals surface area contributed by atoms with Gasteiger partial charge in [-0.3, -0.25) is 19.8 Å². The Morgan fingerprint density at radius 1 is 0.872 bits per heavy atom. The molecule has 0 aliphatic rings. The summed E-state index contributed by atoms with van der Waals surface area (Å²) in [6.07, 6.45) is 2.03. The summed E-state index contributed by atoms with van der Waals surface area (Å²) >= 11 is 0. The van der Waals surface area contributed by atoms with E-state index in [0.29, 0.717) is 38.0 Å². The van der Waals surface area contributed by atoms with Crippen LogP contribution in [0.1, 0.15) is 86.6 Å². The van der Waals surface area contributed by atoms with E-state index in [0.717, 1.165) is 17.1 Å². The number of carbonyl (C=O) groups excluding carboxylic acids is 3. The van der Waals surface area contributed by atoms with Crippen molar-refractivity contribution in [3.05, 3.63) is 59.2 Å². The Bertz CT molecular complexity index is 1420. The lowest BCUT2D eigenvalue weighted by Gasteiger charge is -2.31. The van der Waals surface area contributed by atoms with E-state index in [1.807, 2.05) is 20.8 Å². The maximum atomic E-state index is 13.9. The summed E-state index contributed by atoms with van der Waals surface area (Å²) in [5, 5.41) is 25.8. The summed E-state index contributed by atoms with van der Waals surface area (Å²) in [5.41, 5.74) is 3.58. The van der Waals surface area contributed by atoms with Gasteiger partial charge in [0.2, 0.25) is 15.9 Å². The molecule has 4 N–H and O–H groups in total. The van der Waals surface area contributed by atoms with Gasteiger partial charge in [-0.25, -0.2) is 17.7 Å². The number of sulfonamides is 1. The molecule has 13 heteroatoms. The summed E-state index contributed by atoms with van der Waals surface area (Å²) in [6, 6.07) is 9.36. The van der Waals surface area contributed by atoms with E-state index in [4.69, 9.17) is 0 Å². The molecule has 0 aromatic heterocycles. The van der Waals surface area contributed by atoms with Crippen LogP contribution >= 0.6 is 0 Å². The van der Waals surface area contributed by atoms with Crippen LogP contribution < -0.4 is 10.7 Å². The molecule has 0 radical (unpaired) electrons. The van der Waals surface area contributed by atoms with Crippen molar-refractivity contribution in [3.63, 3.8) is 0 Å². The Kier molecular flexibility index (Phi) is 15.8. The smallest absolute Gasteiger partial charge is 0.253 e. The van der Waals surface area contributed by atoms with Crippen molar-refractivity contribution >= 4 is 27.7 Å². The molecule has 0 aliphatic carbocycles. The van der Waals surface area contributed by atoms with Gasteiger partial charge in [0.25, 0.3) is 11.8 Å². The second-order valence-electron chi connectivity index (χ2n) is 12.3. The molecule has 2 rings (SSSR count). The van der Waals surface area contributed by atoms with E-state index in [1.165, 1.54) is 44.4 Å². The van der Waals surface area contributed by atoms with Gasteiger partial charge in [-0.15, -0.1) is 0 Å². The minimum atomic E-state index is -4.02. The largest absolute Gasteiger partial charge is 0.508 e. The number of phenols is 1. The minimum Gasteiger partial charge on any atom is -0.508 e. The molecule has 0 heterocycles. The zero-order chi connectivity index (χ0) is 35.3. The van der Waals surface area contributed by atoms with Crippen LogP contribution in [0.15, 0.2) is 47.4 Å². The van der Waals surface area contributed by atoms with Crippen LogP contribution in [0.2, 0.25) is 0 Å². The van der Waals surface area contributed by atoms with Crippen LogP contribution in [-0.4, -0.2) is 103 Å². The minimum absolute atomic E-state index is 0.00324. The lowest BCUT2D eigenvalue weighted by molar-refractivity contribution is -0.129. The SMILES string of the molecule is CCCCN(CC(O)C(Cc1ccc(O)cc1)NC(=O)c1cc(C(=O)N(CCC)CCC)cc(S(=O)(=O)N(C)C)c1)NC(=O)C(C)C. The fourth-order valence-corrected chi connectivity index (χ4v) is 5.82. The number of aliphatic hydroxyl groups excluding tert-OH is 1. The Hall–Kier alpha value is -3.52. The molecular weight excluding hydrogens is 622 g/mol. The molecule has 12 nitrogen and oxygen atoms in total. The first-order valence-electron chi connectivity index (χ1n) is 16.3. The summed E-state index contributed by atoms with van der Waals surface area (Å²) in [4.78, 5) is 41.4. The predicted octanol–water partition coefficient (Wildman–Crippen LogP) is 3.40. The Morgan fingerprint density at radius 2 is 1.47 bits per heavy atom. The fourth-order valence-electron chi connectivity index (χ4n) is 4.85. The maximum Gasteiger partial charge on any atom is 0.253 e. The molecule has 0 aliphatic heterocycles. The molecule has 0 spiro atoms. The van der Waals surface area contributed by atoms with Gasteiger partial charge in [0, 0.05) is 57.3 Å². The molecule has 262 valence electrons. The van der Waals surface area contributed by atoms with Crippen molar-refractivity contribution in [2.24, 2.45) is 5.92 Å². The number of phenolic OH excluding ortho intramolecular Hbond substituents is 1. The molecule has 2 aromatic carbocycles. The molecular formula is C34H53N5O7S. The second kappa shape index (κ2) is 18.7. The molecule has 47 heavy (non-hydrogen) atoms. The van der Waals surface area contributed by atoms with E-state index in [1.54, 1.807) is 35.9 Å². The monoisotopic (exact) mass is 675 g/mol. The van der Waals surface area contributed by atoms with Crippen molar-refractivity contribution in [2.75, 3.05) is 40.3 Å². The number of nitrogens with zero attached hydrogens (tertiary/aromatic N) is 3. The van der Waals surface area contributed by atoms with Gasteiger partial charge in [-0.2, -0.15) is 0 Å². The lowest BCUT2D eigenvalue weighted by Crippen LogP contribution is -2.54. The molecule has 2 unspecified atom stereocenters. The third-order valence-electron chi connectivity index (χ3n) is 7.62. The van der Waals surface area contributed by atoms with Crippen LogP contribution in [0.3, 0.4) is 0 Å². The first-order chi connectivity index (χ1) is 22.1. The number of hydrazine groups is 1. The second-order valence-corrected chi connectivity index (χ2v) is 14.4. The van der Waals surface area contributed by atoms with E-state index in [-0.39, 0.29) is 52.5 Å². The van der Waals surface area contributed by atoms with Gasteiger partial charge in [-0.1, -0.05) is 53.2 Å². The van der Waals surface area contributed by atoms with Crippen LogP contribution in [0.25, 0.3) is 0 Å². The Labute approximate surface area is 280 Å². The van der Waals surface area contributed by atoms with Gasteiger partial charge in [0.1, 0.15) is 5.75 Å². The standard InChI is InChI=1S/C34H53N5O7S/c1-8-11-18-39(36-32(42)24(4)5)23-31(41)30(19-25-12-14-28(40)15-13-25)35-33(43)26-20-27(34(44)38(16-9-2)17-10-3)22-29(21-26)47(45,46)37(6)7/h12-15,20-22,24,30-31,40-41H,8-11,16-19,23H2,1-7H3,(H,35,43)(H,36,42). The van der Waals surface area contributed by atoms with Crippen molar-refractivity contribution in [3.8, 4) is 5.75 Å². The number of benzene rings is 2. The average Bonchev–Trinajstić information content (AvgIpc) is 3.03. The first kappa shape index (κ1) is 39.7. The number of hydrogen-bond donors (Lipinski definition) is 4. The number of aromatic hydroxyl groups is 1. The average molecular weight is 676 g/mol. The maximum absolute atomic E-state index is 13.9. The molecule has 2 aromatic rings. The number of hydrogen-bond acceptors (Lipinski definition) is 8. The van der Waals surface area contributed by atoms with Gasteiger partial charge < -0.3 is 20.4 Å². The zero-order valence-corrected chi connectivity index (χ0v) is 29.6. The highest BCUT2D eigenvalue weighted by atomic mass is 32.2. The number of unbranched alkanes of at least 4 members (excludes halogenated alkanes) is 1. The Balaban J connectivity index is 2.55. The molecule has 0 saturated heterocycles. The highest BCUT2D eigenvalue weighted by Gasteiger charge is 2.28. The molecule has 2 atom stereocenters. The highest BCUT2D eigenvalue weighted by molar-refractivity contribution is 7.89. The molecule has 3 amide bonds. The topological polar surface area (TPSA) is 160 Å². The van der Waals surface area contributed by atoms with Crippen LogP contribution in [0, 0.1) is 5.92 Å². The summed E-state index contributed by atoms with van der Waals surface area (Å²) in [6.45, 7) is 10.9. The normalized spacial score (nSPS) is 13.1. The highest BCUT2D eigenvalue weighted by Crippen LogP contribution is 2.21. The van der Waals surface area contributed by atoms with E-state index >= 15 is 0 Å². The predicted molar refractivity (Wildman–Crippen MR) is 182 cm³/mol. The van der Waals surface area contributed by atoms with E-state index in [9.17, 15) is 33.0 Å². The summed E-state index contributed by atoms with van der Waals surface area (Å²) in [5.74, 6) is -1.48. The quantitative estimate of drug-likeness (QED) is 0.165. The number of carbonyl (C=O) groups is 3. The Morgan fingerprint density at radius 3 is 2.00 bits per heavy atom.